The fraction of sp³-hybridized carbons (Fsp3) is 0.208. The number of hydrogen-bond donors (Lipinski definition) is 0. The van der Waals surface area contributed by atoms with E-state index >= 15 is 0 Å². The molecule has 0 bridgehead atoms. The Morgan fingerprint density at radius 2 is 1.73 bits per heavy atom. The molecule has 0 amide bonds. The maximum atomic E-state index is 13.4. The van der Waals surface area contributed by atoms with Crippen molar-refractivity contribution in [3.63, 3.8) is 0 Å². The number of thiophene rings is 1. The zero-order valence-electron chi connectivity index (χ0n) is 17.2. The van der Waals surface area contributed by atoms with E-state index < -0.39 is 0 Å². The summed E-state index contributed by atoms with van der Waals surface area (Å²) in [7, 11) is 0. The lowest BCUT2D eigenvalue weighted by Crippen LogP contribution is -2.27. The molecule has 2 heterocycles. The quantitative estimate of drug-likeness (QED) is 0.417. The molecule has 0 atom stereocenters. The van der Waals surface area contributed by atoms with E-state index in [1.807, 2.05) is 32.9 Å². The van der Waals surface area contributed by atoms with Gasteiger partial charge in [-0.2, -0.15) is 0 Å². The second kappa shape index (κ2) is 7.61. The summed E-state index contributed by atoms with van der Waals surface area (Å²) in [5.74, 6) is 0.0256. The van der Waals surface area contributed by atoms with E-state index in [1.54, 1.807) is 25.1 Å². The highest BCUT2D eigenvalue weighted by molar-refractivity contribution is 7.19. The Bertz CT molecular complexity index is 1350. The van der Waals surface area contributed by atoms with Crippen LogP contribution < -0.4 is 5.56 Å². The molecular weight excluding hydrogens is 399 g/mol. The van der Waals surface area contributed by atoms with Crippen LogP contribution in [0, 0.1) is 33.5 Å². The number of benzene rings is 2. The van der Waals surface area contributed by atoms with E-state index in [-0.39, 0.29) is 23.7 Å². The van der Waals surface area contributed by atoms with E-state index in [9.17, 15) is 14.0 Å². The van der Waals surface area contributed by atoms with Crippen LogP contribution in [0.3, 0.4) is 0 Å². The van der Waals surface area contributed by atoms with E-state index in [2.05, 4.69) is 4.98 Å². The van der Waals surface area contributed by atoms with Crippen molar-refractivity contribution < 1.29 is 9.18 Å². The third-order valence-electron chi connectivity index (χ3n) is 5.44. The molecule has 0 unspecified atom stereocenters. The van der Waals surface area contributed by atoms with Crippen LogP contribution in [0.1, 0.15) is 32.2 Å². The summed E-state index contributed by atoms with van der Waals surface area (Å²) in [6, 6.07) is 11.6. The van der Waals surface area contributed by atoms with Gasteiger partial charge in [-0.15, -0.1) is 11.3 Å². The Hall–Kier alpha value is -3.12. The number of aromatic nitrogens is 2. The Morgan fingerprint density at radius 1 is 1.03 bits per heavy atom. The first-order chi connectivity index (χ1) is 14.3. The predicted octanol–water partition coefficient (Wildman–Crippen LogP) is 5.38. The van der Waals surface area contributed by atoms with E-state index in [4.69, 9.17) is 0 Å². The van der Waals surface area contributed by atoms with Gasteiger partial charge in [-0.25, -0.2) is 9.37 Å². The van der Waals surface area contributed by atoms with E-state index in [1.165, 1.54) is 28.0 Å². The van der Waals surface area contributed by atoms with Crippen LogP contribution in [-0.2, 0) is 6.54 Å². The van der Waals surface area contributed by atoms with Gasteiger partial charge in [-0.05, 0) is 62.6 Å². The minimum atomic E-state index is -0.332. The average Bonchev–Trinajstić information content (AvgIpc) is 3.03. The molecule has 0 N–H and O–H groups in total. The molecular formula is C24H21FN2O2S. The van der Waals surface area contributed by atoms with Crippen molar-refractivity contribution in [2.45, 2.75) is 34.2 Å². The number of rotatable bonds is 4. The smallest absolute Gasteiger partial charge is 0.263 e. The van der Waals surface area contributed by atoms with Gasteiger partial charge in [-0.1, -0.05) is 24.3 Å². The zero-order valence-corrected chi connectivity index (χ0v) is 18.1. The van der Waals surface area contributed by atoms with Crippen LogP contribution in [-0.4, -0.2) is 15.3 Å². The molecule has 152 valence electrons. The zero-order chi connectivity index (χ0) is 21.6. The fourth-order valence-corrected chi connectivity index (χ4v) is 4.68. The third-order valence-corrected chi connectivity index (χ3v) is 6.44. The molecule has 0 aliphatic rings. The van der Waals surface area contributed by atoms with Crippen LogP contribution >= 0.6 is 11.3 Å². The van der Waals surface area contributed by atoms with Crippen LogP contribution in [0.15, 0.2) is 47.3 Å². The van der Waals surface area contributed by atoms with E-state index in [0.717, 1.165) is 27.1 Å². The molecule has 0 saturated carbocycles. The lowest BCUT2D eigenvalue weighted by molar-refractivity contribution is 0.0969. The summed E-state index contributed by atoms with van der Waals surface area (Å²) in [5, 5.41) is 0.475. The average molecular weight is 421 g/mol. The maximum Gasteiger partial charge on any atom is 0.263 e. The summed E-state index contributed by atoms with van der Waals surface area (Å²) < 4.78 is 14.8. The second-order valence-corrected chi connectivity index (χ2v) is 8.70. The van der Waals surface area contributed by atoms with Crippen LogP contribution in [0.4, 0.5) is 4.39 Å². The van der Waals surface area contributed by atoms with Crippen molar-refractivity contribution in [3.8, 4) is 11.1 Å². The summed E-state index contributed by atoms with van der Waals surface area (Å²) >= 11 is 1.43. The number of nitrogens with zero attached hydrogens (tertiary/aromatic N) is 2. The first-order valence-electron chi connectivity index (χ1n) is 9.63. The molecule has 0 aliphatic carbocycles. The topological polar surface area (TPSA) is 52.0 Å². The summed E-state index contributed by atoms with van der Waals surface area (Å²) in [6.07, 6.45) is 0. The largest absolute Gasteiger partial charge is 0.292 e. The molecule has 6 heteroatoms. The van der Waals surface area contributed by atoms with Crippen LogP contribution in [0.5, 0.6) is 0 Å². The standard InChI is InChI=1S/C24H21FN2O2S/c1-13-5-6-18(11-14(13)2)20(28)12-27-16(4)26-23-22(24(27)29)21(15(3)30-23)17-7-9-19(25)10-8-17/h5-11H,12H2,1-4H3. The van der Waals surface area contributed by atoms with Gasteiger partial charge in [-0.3, -0.25) is 14.2 Å². The van der Waals surface area contributed by atoms with Crippen molar-refractivity contribution in [1.82, 2.24) is 9.55 Å². The highest BCUT2D eigenvalue weighted by atomic mass is 32.1. The Balaban J connectivity index is 1.84. The molecule has 0 aliphatic heterocycles. The number of hydrogen-bond acceptors (Lipinski definition) is 4. The molecule has 2 aromatic heterocycles. The normalized spacial score (nSPS) is 11.2. The highest BCUT2D eigenvalue weighted by Crippen LogP contribution is 2.35. The van der Waals surface area contributed by atoms with Crippen molar-refractivity contribution in [3.05, 3.63) is 86.0 Å². The van der Waals surface area contributed by atoms with Gasteiger partial charge in [0.1, 0.15) is 16.5 Å². The number of carbonyl (C=O) groups is 1. The summed E-state index contributed by atoms with van der Waals surface area (Å²) in [5.41, 5.74) is 3.98. The van der Waals surface area contributed by atoms with Gasteiger partial charge < -0.3 is 0 Å². The molecule has 0 radical (unpaired) electrons. The molecule has 30 heavy (non-hydrogen) atoms. The predicted molar refractivity (Wildman–Crippen MR) is 119 cm³/mol. The lowest BCUT2D eigenvalue weighted by atomic mass is 10.0. The number of ketones is 1. The molecule has 4 rings (SSSR count). The third kappa shape index (κ3) is 3.48. The van der Waals surface area contributed by atoms with Gasteiger partial charge >= 0.3 is 0 Å². The molecule has 0 saturated heterocycles. The Labute approximate surface area is 177 Å². The number of fused-ring (bicyclic) bond motifs is 1. The molecule has 0 spiro atoms. The molecule has 2 aromatic carbocycles. The lowest BCUT2D eigenvalue weighted by Gasteiger charge is -2.11. The highest BCUT2D eigenvalue weighted by Gasteiger charge is 2.20. The number of carbonyl (C=O) groups excluding carboxylic acids is 1. The number of aryl methyl sites for hydroxylation is 4. The van der Waals surface area contributed by atoms with Crippen molar-refractivity contribution in [1.29, 1.82) is 0 Å². The monoisotopic (exact) mass is 420 g/mol. The second-order valence-electron chi connectivity index (χ2n) is 7.49. The Morgan fingerprint density at radius 3 is 2.40 bits per heavy atom. The summed E-state index contributed by atoms with van der Waals surface area (Å²) in [6.45, 7) is 7.53. The van der Waals surface area contributed by atoms with E-state index in [0.29, 0.717) is 21.6 Å². The van der Waals surface area contributed by atoms with Crippen molar-refractivity contribution in [2.75, 3.05) is 0 Å². The van der Waals surface area contributed by atoms with Gasteiger partial charge in [0.15, 0.2) is 5.78 Å². The first kappa shape index (κ1) is 20.2. The minimum Gasteiger partial charge on any atom is -0.292 e. The molecule has 4 nitrogen and oxygen atoms in total. The van der Waals surface area contributed by atoms with Crippen LogP contribution in [0.25, 0.3) is 21.3 Å². The fourth-order valence-electron chi connectivity index (χ4n) is 3.60. The molecule has 0 fully saturated rings. The van der Waals surface area contributed by atoms with Gasteiger partial charge in [0.25, 0.3) is 5.56 Å². The summed E-state index contributed by atoms with van der Waals surface area (Å²) in [4.78, 5) is 32.5. The minimum absolute atomic E-state index is 0.0755. The maximum absolute atomic E-state index is 13.4. The SMILES string of the molecule is Cc1ccc(C(=O)Cn2c(C)nc3sc(C)c(-c4ccc(F)cc4)c3c2=O)cc1C. The van der Waals surface area contributed by atoms with Gasteiger partial charge in [0.2, 0.25) is 0 Å². The number of halogens is 1. The molecule has 4 aromatic rings. The van der Waals surface area contributed by atoms with Gasteiger partial charge in [0, 0.05) is 16.0 Å². The van der Waals surface area contributed by atoms with Gasteiger partial charge in [0.05, 0.1) is 11.9 Å². The Kier molecular flexibility index (Phi) is 5.12. The van der Waals surface area contributed by atoms with Crippen molar-refractivity contribution >= 4 is 27.3 Å². The van der Waals surface area contributed by atoms with Crippen molar-refractivity contribution in [2.24, 2.45) is 0 Å². The number of Topliss-reactive ketones (excluding diaryl/α,β-unsaturated/α-hetero) is 1. The van der Waals surface area contributed by atoms with Crippen LogP contribution in [0.2, 0.25) is 0 Å². The first-order valence-corrected chi connectivity index (χ1v) is 10.4.